The van der Waals surface area contributed by atoms with Gasteiger partial charge in [-0.15, -0.1) is 11.3 Å². The van der Waals surface area contributed by atoms with Crippen LogP contribution in [-0.2, 0) is 11.3 Å². The predicted octanol–water partition coefficient (Wildman–Crippen LogP) is 1.26. The maximum absolute atomic E-state index is 10.3. The Kier molecular flexibility index (Phi) is 3.17. The van der Waals surface area contributed by atoms with Crippen molar-refractivity contribution in [3.8, 4) is 0 Å². The van der Waals surface area contributed by atoms with Crippen LogP contribution in [-0.4, -0.2) is 46.4 Å². The van der Waals surface area contributed by atoms with Crippen LogP contribution < -0.4 is 0 Å². The van der Waals surface area contributed by atoms with Crippen LogP contribution in [0.25, 0.3) is 0 Å². The smallest absolute Gasteiger partial charge is 0.0965 e. The van der Waals surface area contributed by atoms with Crippen LogP contribution in [0.5, 0.6) is 0 Å². The van der Waals surface area contributed by atoms with Gasteiger partial charge >= 0.3 is 0 Å². The number of nitrogens with zero attached hydrogens (tertiary/aromatic N) is 2. The van der Waals surface area contributed by atoms with Crippen molar-refractivity contribution in [2.45, 2.75) is 37.5 Å². The first kappa shape index (κ1) is 11.6. The van der Waals surface area contributed by atoms with Gasteiger partial charge < -0.3 is 9.84 Å². The third kappa shape index (κ3) is 2.25. The number of hydrogen-bond donors (Lipinski definition) is 1. The fourth-order valence-corrected chi connectivity index (χ4v) is 3.43. The molecule has 17 heavy (non-hydrogen) atoms. The molecule has 1 aromatic heterocycles. The van der Waals surface area contributed by atoms with Crippen molar-refractivity contribution in [2.24, 2.45) is 0 Å². The number of β-amino-alcohol motifs (C(OH)–C–C–N with tert-alkyl or cyclic N) is 1. The highest BCUT2D eigenvalue weighted by molar-refractivity contribution is 7.07. The average Bonchev–Trinajstić information content (AvgIpc) is 2.96. The van der Waals surface area contributed by atoms with E-state index in [2.05, 4.69) is 15.3 Å². The Bertz CT molecular complexity index is 363. The van der Waals surface area contributed by atoms with Crippen molar-refractivity contribution < 1.29 is 9.84 Å². The minimum Gasteiger partial charge on any atom is -0.389 e. The Morgan fingerprint density at radius 3 is 3.18 bits per heavy atom. The summed E-state index contributed by atoms with van der Waals surface area (Å²) >= 11 is 1.62. The van der Waals surface area contributed by atoms with Crippen LogP contribution in [0, 0.1) is 0 Å². The third-order valence-electron chi connectivity index (χ3n) is 3.89. The number of rotatable bonds is 2. The van der Waals surface area contributed by atoms with Gasteiger partial charge in [-0.2, -0.15) is 0 Å². The van der Waals surface area contributed by atoms with Gasteiger partial charge in [-0.3, -0.25) is 4.90 Å². The first-order valence-corrected chi connectivity index (χ1v) is 7.14. The average molecular weight is 254 g/mol. The molecule has 0 aliphatic carbocycles. The Labute approximate surface area is 105 Å². The fourth-order valence-electron chi connectivity index (χ4n) is 2.88. The maximum atomic E-state index is 10.3. The standard InChI is InChI=1S/C12H18N2O2S/c15-11-7-14(6-10-8-17-9-13-10)4-3-12(11)2-1-5-16-12/h8-9,11,15H,1-7H2/t11-,12-/m0/s1. The Morgan fingerprint density at radius 2 is 2.53 bits per heavy atom. The Balaban J connectivity index is 1.61. The monoisotopic (exact) mass is 254 g/mol. The maximum Gasteiger partial charge on any atom is 0.0965 e. The molecular formula is C12H18N2O2S. The highest BCUT2D eigenvalue weighted by Gasteiger charge is 2.45. The van der Waals surface area contributed by atoms with Crippen LogP contribution in [0.3, 0.4) is 0 Å². The number of thiazole rings is 1. The molecule has 0 amide bonds. The fraction of sp³-hybridized carbons (Fsp3) is 0.750. The molecule has 0 radical (unpaired) electrons. The molecule has 3 rings (SSSR count). The second kappa shape index (κ2) is 4.65. The second-order valence-corrected chi connectivity index (χ2v) is 5.72. The van der Waals surface area contributed by atoms with E-state index in [9.17, 15) is 5.11 Å². The first-order valence-electron chi connectivity index (χ1n) is 6.20. The zero-order chi connectivity index (χ0) is 11.7. The number of aromatic nitrogens is 1. The number of piperidine rings is 1. The number of aliphatic hydroxyl groups is 1. The van der Waals surface area contributed by atoms with Gasteiger partial charge in [0.1, 0.15) is 0 Å². The molecule has 0 bridgehead atoms. The highest BCUT2D eigenvalue weighted by Crippen LogP contribution is 2.36. The van der Waals surface area contributed by atoms with Crippen LogP contribution in [0.15, 0.2) is 10.9 Å². The summed E-state index contributed by atoms with van der Waals surface area (Å²) in [7, 11) is 0. The Hall–Kier alpha value is -0.490. The molecule has 0 saturated carbocycles. The van der Waals surface area contributed by atoms with Gasteiger partial charge in [0.15, 0.2) is 0 Å². The van der Waals surface area contributed by atoms with Crippen molar-refractivity contribution in [3.05, 3.63) is 16.6 Å². The molecule has 2 atom stereocenters. The Morgan fingerprint density at radius 1 is 1.59 bits per heavy atom. The van der Waals surface area contributed by atoms with Gasteiger partial charge in [0.2, 0.25) is 0 Å². The molecule has 0 unspecified atom stereocenters. The largest absolute Gasteiger partial charge is 0.389 e. The summed E-state index contributed by atoms with van der Waals surface area (Å²) in [5, 5.41) is 12.3. The van der Waals surface area contributed by atoms with E-state index >= 15 is 0 Å². The van der Waals surface area contributed by atoms with Crippen molar-refractivity contribution in [2.75, 3.05) is 19.7 Å². The molecule has 5 heteroatoms. The summed E-state index contributed by atoms with van der Waals surface area (Å²) in [5.41, 5.74) is 2.72. The van der Waals surface area contributed by atoms with Crippen LogP contribution in [0.1, 0.15) is 25.0 Å². The number of ether oxygens (including phenoxy) is 1. The molecular weight excluding hydrogens is 236 g/mol. The number of aliphatic hydroxyl groups excluding tert-OH is 1. The normalized spacial score (nSPS) is 34.5. The van der Waals surface area contributed by atoms with Crippen molar-refractivity contribution >= 4 is 11.3 Å². The highest BCUT2D eigenvalue weighted by atomic mass is 32.1. The summed E-state index contributed by atoms with van der Waals surface area (Å²) in [5.74, 6) is 0. The third-order valence-corrected chi connectivity index (χ3v) is 4.53. The van der Waals surface area contributed by atoms with Gasteiger partial charge in [-0.1, -0.05) is 0 Å². The van der Waals surface area contributed by atoms with E-state index < -0.39 is 0 Å². The van der Waals surface area contributed by atoms with Gasteiger partial charge in [0.25, 0.3) is 0 Å². The molecule has 2 saturated heterocycles. The predicted molar refractivity (Wildman–Crippen MR) is 65.9 cm³/mol. The number of likely N-dealkylation sites (tertiary alicyclic amines) is 1. The minimum atomic E-state index is -0.350. The topological polar surface area (TPSA) is 45.6 Å². The summed E-state index contributed by atoms with van der Waals surface area (Å²) in [6, 6.07) is 0. The van der Waals surface area contributed by atoms with E-state index in [1.165, 1.54) is 0 Å². The lowest BCUT2D eigenvalue weighted by atomic mass is 9.86. The molecule has 4 nitrogen and oxygen atoms in total. The van der Waals surface area contributed by atoms with Crippen molar-refractivity contribution in [1.82, 2.24) is 9.88 Å². The SMILES string of the molecule is O[C@H]1CN(Cc2cscn2)CC[C@@]12CCCO2. The molecule has 2 fully saturated rings. The van der Waals surface area contributed by atoms with E-state index in [-0.39, 0.29) is 11.7 Å². The van der Waals surface area contributed by atoms with Gasteiger partial charge in [0.05, 0.1) is 22.9 Å². The second-order valence-electron chi connectivity index (χ2n) is 5.00. The van der Waals surface area contributed by atoms with E-state index in [0.717, 1.165) is 44.7 Å². The van der Waals surface area contributed by atoms with E-state index in [0.29, 0.717) is 6.54 Å². The summed E-state index contributed by atoms with van der Waals surface area (Å²) < 4.78 is 5.79. The number of hydrogen-bond acceptors (Lipinski definition) is 5. The van der Waals surface area contributed by atoms with Gasteiger partial charge in [-0.25, -0.2) is 4.98 Å². The van der Waals surface area contributed by atoms with E-state index in [1.54, 1.807) is 11.3 Å². The quantitative estimate of drug-likeness (QED) is 0.863. The van der Waals surface area contributed by atoms with Gasteiger partial charge in [0, 0.05) is 31.6 Å². The van der Waals surface area contributed by atoms with Crippen molar-refractivity contribution in [3.63, 3.8) is 0 Å². The molecule has 3 heterocycles. The molecule has 1 N–H and O–H groups in total. The lowest BCUT2D eigenvalue weighted by Crippen LogP contribution is -2.54. The molecule has 2 aliphatic rings. The minimum absolute atomic E-state index is 0.238. The summed E-state index contributed by atoms with van der Waals surface area (Å²) in [6.45, 7) is 3.35. The summed E-state index contributed by atoms with van der Waals surface area (Å²) in [6.07, 6.45) is 2.69. The van der Waals surface area contributed by atoms with Crippen LogP contribution in [0.2, 0.25) is 0 Å². The van der Waals surface area contributed by atoms with Crippen molar-refractivity contribution in [1.29, 1.82) is 0 Å². The van der Waals surface area contributed by atoms with Crippen LogP contribution >= 0.6 is 11.3 Å². The van der Waals surface area contributed by atoms with E-state index in [1.807, 2.05) is 5.51 Å². The first-order chi connectivity index (χ1) is 8.28. The zero-order valence-corrected chi connectivity index (χ0v) is 10.7. The van der Waals surface area contributed by atoms with Gasteiger partial charge in [-0.05, 0) is 19.3 Å². The molecule has 1 aromatic rings. The summed E-state index contributed by atoms with van der Waals surface area (Å²) in [4.78, 5) is 6.56. The molecule has 1 spiro atoms. The molecule has 2 aliphatic heterocycles. The zero-order valence-electron chi connectivity index (χ0n) is 9.84. The molecule has 0 aromatic carbocycles. The molecule has 94 valence electrons. The lowest BCUT2D eigenvalue weighted by Gasteiger charge is -2.42. The lowest BCUT2D eigenvalue weighted by molar-refractivity contribution is -0.130. The van der Waals surface area contributed by atoms with E-state index in [4.69, 9.17) is 4.74 Å². The van der Waals surface area contributed by atoms with Crippen LogP contribution in [0.4, 0.5) is 0 Å².